The van der Waals surface area contributed by atoms with Gasteiger partial charge in [-0.25, -0.2) is 17.5 Å². The van der Waals surface area contributed by atoms with Crippen LogP contribution in [0, 0.1) is 25.1 Å². The lowest BCUT2D eigenvalue weighted by Crippen LogP contribution is -2.34. The van der Waals surface area contributed by atoms with Crippen LogP contribution in [0.15, 0.2) is 17.0 Å². The van der Waals surface area contributed by atoms with Crippen molar-refractivity contribution in [3.8, 4) is 12.3 Å². The first kappa shape index (κ1) is 15.5. The predicted octanol–water partition coefficient (Wildman–Crippen LogP) is 1.80. The van der Waals surface area contributed by atoms with Gasteiger partial charge in [0.25, 0.3) is 0 Å². The summed E-state index contributed by atoms with van der Waals surface area (Å²) < 4.78 is 40.1. The number of anilines is 1. The molecule has 0 radical (unpaired) electrons. The Morgan fingerprint density at radius 2 is 2.16 bits per heavy atom. The number of nitrogens with one attached hydrogen (secondary N) is 1. The Balaban J connectivity index is 3.14. The third-order valence-electron chi connectivity index (χ3n) is 2.76. The summed E-state index contributed by atoms with van der Waals surface area (Å²) >= 11 is 0. The molecule has 0 aliphatic heterocycles. The number of sulfonamides is 1. The van der Waals surface area contributed by atoms with Crippen molar-refractivity contribution < 1.29 is 12.8 Å². The lowest BCUT2D eigenvalue weighted by atomic mass is 10.2. The van der Waals surface area contributed by atoms with Crippen LogP contribution in [0.5, 0.6) is 0 Å². The SMILES string of the molecule is C#CCC(CC)NS(=O)(=O)c1cc(N)c(F)cc1C. The third-order valence-corrected chi connectivity index (χ3v) is 4.43. The molecule has 1 rings (SSSR count). The summed E-state index contributed by atoms with van der Waals surface area (Å²) in [6, 6.07) is 1.88. The van der Waals surface area contributed by atoms with E-state index in [-0.39, 0.29) is 16.6 Å². The van der Waals surface area contributed by atoms with Crippen molar-refractivity contribution in [2.45, 2.75) is 37.6 Å². The molecule has 0 amide bonds. The Labute approximate surface area is 113 Å². The van der Waals surface area contributed by atoms with Crippen LogP contribution in [-0.4, -0.2) is 14.5 Å². The van der Waals surface area contributed by atoms with E-state index in [1.165, 1.54) is 6.92 Å². The molecule has 0 saturated heterocycles. The van der Waals surface area contributed by atoms with Crippen LogP contribution >= 0.6 is 0 Å². The summed E-state index contributed by atoms with van der Waals surface area (Å²) in [5.74, 6) is 1.78. The number of terminal acetylenes is 1. The summed E-state index contributed by atoms with van der Waals surface area (Å²) in [5, 5.41) is 0. The van der Waals surface area contributed by atoms with E-state index in [0.29, 0.717) is 18.4 Å². The number of hydrogen-bond acceptors (Lipinski definition) is 3. The second-order valence-corrected chi connectivity index (χ2v) is 5.96. The molecule has 0 fully saturated rings. The number of rotatable bonds is 5. The monoisotopic (exact) mass is 284 g/mol. The molecule has 1 aromatic carbocycles. The van der Waals surface area contributed by atoms with Gasteiger partial charge in [-0.15, -0.1) is 12.3 Å². The molecule has 1 unspecified atom stereocenters. The van der Waals surface area contributed by atoms with Gasteiger partial charge in [0.2, 0.25) is 10.0 Å². The van der Waals surface area contributed by atoms with Crippen LogP contribution < -0.4 is 10.5 Å². The largest absolute Gasteiger partial charge is 0.396 e. The molecule has 1 atom stereocenters. The topological polar surface area (TPSA) is 72.2 Å². The summed E-state index contributed by atoms with van der Waals surface area (Å²) in [6.07, 6.45) is 6.05. The second kappa shape index (κ2) is 6.04. The molecule has 0 aliphatic rings. The number of hydrogen-bond donors (Lipinski definition) is 2. The summed E-state index contributed by atoms with van der Waals surface area (Å²) in [5.41, 5.74) is 5.51. The van der Waals surface area contributed by atoms with E-state index in [1.54, 1.807) is 0 Å². The second-order valence-electron chi connectivity index (χ2n) is 4.27. The van der Waals surface area contributed by atoms with Gasteiger partial charge in [0, 0.05) is 12.5 Å². The van der Waals surface area contributed by atoms with Crippen molar-refractivity contribution in [2.24, 2.45) is 0 Å². The van der Waals surface area contributed by atoms with Crippen LogP contribution in [0.1, 0.15) is 25.3 Å². The fourth-order valence-corrected chi connectivity index (χ4v) is 3.23. The number of benzene rings is 1. The van der Waals surface area contributed by atoms with E-state index in [1.807, 2.05) is 6.92 Å². The fraction of sp³-hybridized carbons (Fsp3) is 0.385. The standard InChI is InChI=1S/C13H17FN2O2S/c1-4-6-10(5-2)16-19(17,18)13-8-12(15)11(14)7-9(13)3/h1,7-8,10,16H,5-6,15H2,2-3H3. The van der Waals surface area contributed by atoms with E-state index < -0.39 is 15.8 Å². The summed E-state index contributed by atoms with van der Waals surface area (Å²) in [4.78, 5) is -0.0260. The van der Waals surface area contributed by atoms with Gasteiger partial charge in [-0.05, 0) is 31.0 Å². The van der Waals surface area contributed by atoms with Crippen molar-refractivity contribution in [2.75, 3.05) is 5.73 Å². The third kappa shape index (κ3) is 3.69. The zero-order chi connectivity index (χ0) is 14.6. The Hall–Kier alpha value is -1.58. The van der Waals surface area contributed by atoms with Crippen molar-refractivity contribution in [3.63, 3.8) is 0 Å². The van der Waals surface area contributed by atoms with Crippen molar-refractivity contribution in [1.82, 2.24) is 4.72 Å². The minimum atomic E-state index is -3.76. The van der Waals surface area contributed by atoms with Gasteiger partial charge in [0.05, 0.1) is 10.6 Å². The van der Waals surface area contributed by atoms with Crippen LogP contribution in [0.4, 0.5) is 10.1 Å². The van der Waals surface area contributed by atoms with Gasteiger partial charge < -0.3 is 5.73 Å². The maximum Gasteiger partial charge on any atom is 0.241 e. The number of aryl methyl sites for hydroxylation is 1. The summed E-state index contributed by atoms with van der Waals surface area (Å²) in [6.45, 7) is 3.34. The molecule has 0 heterocycles. The van der Waals surface area contributed by atoms with E-state index >= 15 is 0 Å². The molecule has 19 heavy (non-hydrogen) atoms. The molecule has 0 aromatic heterocycles. The highest BCUT2D eigenvalue weighted by Gasteiger charge is 2.21. The van der Waals surface area contributed by atoms with Gasteiger partial charge >= 0.3 is 0 Å². The van der Waals surface area contributed by atoms with E-state index in [4.69, 9.17) is 12.2 Å². The molecule has 0 spiro atoms. The van der Waals surface area contributed by atoms with Crippen LogP contribution in [0.25, 0.3) is 0 Å². The Morgan fingerprint density at radius 3 is 2.68 bits per heavy atom. The van der Waals surface area contributed by atoms with Crippen LogP contribution in [-0.2, 0) is 10.0 Å². The first-order valence-electron chi connectivity index (χ1n) is 5.83. The van der Waals surface area contributed by atoms with Crippen LogP contribution in [0.2, 0.25) is 0 Å². The first-order chi connectivity index (χ1) is 8.81. The van der Waals surface area contributed by atoms with Crippen molar-refractivity contribution >= 4 is 15.7 Å². The minimum Gasteiger partial charge on any atom is -0.396 e. The van der Waals surface area contributed by atoms with Crippen molar-refractivity contribution in [1.29, 1.82) is 0 Å². The number of nitrogen functional groups attached to an aromatic ring is 1. The molecule has 3 N–H and O–H groups in total. The molecule has 0 bridgehead atoms. The number of nitrogens with two attached hydrogens (primary N) is 1. The summed E-state index contributed by atoms with van der Waals surface area (Å²) in [7, 11) is -3.76. The smallest absolute Gasteiger partial charge is 0.241 e. The normalized spacial score (nSPS) is 12.9. The predicted molar refractivity (Wildman–Crippen MR) is 73.4 cm³/mol. The number of halogens is 1. The average molecular weight is 284 g/mol. The van der Waals surface area contributed by atoms with Gasteiger partial charge in [-0.2, -0.15) is 0 Å². The van der Waals surface area contributed by atoms with Gasteiger partial charge in [-0.3, -0.25) is 0 Å². The van der Waals surface area contributed by atoms with Crippen molar-refractivity contribution in [3.05, 3.63) is 23.5 Å². The average Bonchev–Trinajstić information content (AvgIpc) is 2.32. The minimum absolute atomic E-state index is 0.0260. The van der Waals surface area contributed by atoms with E-state index in [9.17, 15) is 12.8 Å². The maximum absolute atomic E-state index is 13.2. The molecule has 0 aliphatic carbocycles. The molecule has 1 aromatic rings. The lowest BCUT2D eigenvalue weighted by molar-refractivity contribution is 0.543. The quantitative estimate of drug-likeness (QED) is 0.639. The molecule has 0 saturated carbocycles. The lowest BCUT2D eigenvalue weighted by Gasteiger charge is -2.16. The zero-order valence-electron chi connectivity index (χ0n) is 10.9. The van der Waals surface area contributed by atoms with Gasteiger partial charge in [0.15, 0.2) is 0 Å². The molecule has 104 valence electrons. The van der Waals surface area contributed by atoms with E-state index in [2.05, 4.69) is 10.6 Å². The first-order valence-corrected chi connectivity index (χ1v) is 7.31. The molecular weight excluding hydrogens is 267 g/mol. The molecule has 4 nitrogen and oxygen atoms in total. The highest BCUT2D eigenvalue weighted by Crippen LogP contribution is 2.22. The Kier molecular flexibility index (Phi) is 4.92. The van der Waals surface area contributed by atoms with Gasteiger partial charge in [-0.1, -0.05) is 6.92 Å². The highest BCUT2D eigenvalue weighted by atomic mass is 32.2. The molecule has 6 heteroatoms. The zero-order valence-corrected chi connectivity index (χ0v) is 11.7. The molecular formula is C13H17FN2O2S. The van der Waals surface area contributed by atoms with E-state index in [0.717, 1.165) is 12.1 Å². The highest BCUT2D eigenvalue weighted by molar-refractivity contribution is 7.89. The maximum atomic E-state index is 13.2. The van der Waals surface area contributed by atoms with Crippen LogP contribution in [0.3, 0.4) is 0 Å². The Bertz CT molecular complexity index is 606. The van der Waals surface area contributed by atoms with Gasteiger partial charge in [0.1, 0.15) is 5.82 Å². The Morgan fingerprint density at radius 1 is 1.53 bits per heavy atom. The fourth-order valence-electron chi connectivity index (χ4n) is 1.65.